The molecule has 0 spiro atoms. The van der Waals surface area contributed by atoms with E-state index in [-0.39, 0.29) is 5.82 Å². The number of benzene rings is 2. The summed E-state index contributed by atoms with van der Waals surface area (Å²) in [5, 5.41) is 8.67. The average Bonchev–Trinajstić information content (AvgIpc) is 2.95. The highest BCUT2D eigenvalue weighted by Crippen LogP contribution is 2.34. The van der Waals surface area contributed by atoms with Crippen molar-refractivity contribution in [2.24, 2.45) is 0 Å². The fourth-order valence-electron chi connectivity index (χ4n) is 2.74. The molecule has 0 aliphatic carbocycles. The van der Waals surface area contributed by atoms with E-state index in [0.29, 0.717) is 16.6 Å². The van der Waals surface area contributed by atoms with Gasteiger partial charge < -0.3 is 10.6 Å². The van der Waals surface area contributed by atoms with Gasteiger partial charge in [0.05, 0.1) is 16.4 Å². The molecule has 0 radical (unpaired) electrons. The van der Waals surface area contributed by atoms with Crippen LogP contribution in [0.2, 0.25) is 10.0 Å². The van der Waals surface area contributed by atoms with E-state index in [1.807, 2.05) is 26.0 Å². The molecule has 1 heterocycles. The van der Waals surface area contributed by atoms with E-state index in [2.05, 4.69) is 15.6 Å². The minimum absolute atomic E-state index is 0.197. The molecule has 0 unspecified atom stereocenters. The number of nitrogens with zero attached hydrogens (tertiary/aromatic N) is 1. The SMILES string of the molecule is Cc1cc(Cl)cc(Cl)c1Nc1nc(C)c(CNCCc2cccc(F)c2)s1. The lowest BCUT2D eigenvalue weighted by atomic mass is 10.1. The lowest BCUT2D eigenvalue weighted by molar-refractivity contribution is 0.623. The fourth-order valence-corrected chi connectivity index (χ4v) is 4.32. The maximum atomic E-state index is 13.2. The molecule has 2 aromatic carbocycles. The molecule has 1 aromatic heterocycles. The summed E-state index contributed by atoms with van der Waals surface area (Å²) in [4.78, 5) is 5.74. The Morgan fingerprint density at radius 2 is 1.96 bits per heavy atom. The number of thiazole rings is 1. The van der Waals surface area contributed by atoms with Crippen LogP contribution in [0.5, 0.6) is 0 Å². The van der Waals surface area contributed by atoms with Gasteiger partial charge in [0.1, 0.15) is 5.82 Å². The van der Waals surface area contributed by atoms with Crippen LogP contribution in [0.4, 0.5) is 15.2 Å². The molecule has 3 rings (SSSR count). The Bertz CT molecular complexity index is 920. The van der Waals surface area contributed by atoms with Crippen molar-refractivity contribution in [3.05, 3.63) is 74.0 Å². The number of aryl methyl sites for hydroxylation is 2. The van der Waals surface area contributed by atoms with Crippen molar-refractivity contribution in [3.63, 3.8) is 0 Å². The highest BCUT2D eigenvalue weighted by atomic mass is 35.5. The molecular weight excluding hydrogens is 404 g/mol. The van der Waals surface area contributed by atoms with Crippen LogP contribution in [-0.4, -0.2) is 11.5 Å². The molecule has 0 saturated heterocycles. The highest BCUT2D eigenvalue weighted by Gasteiger charge is 2.11. The fraction of sp³-hybridized carbons (Fsp3) is 0.250. The molecule has 0 aliphatic rings. The molecule has 0 fully saturated rings. The predicted molar refractivity (Wildman–Crippen MR) is 113 cm³/mol. The van der Waals surface area contributed by atoms with Gasteiger partial charge in [0, 0.05) is 16.4 Å². The molecule has 0 atom stereocenters. The summed E-state index contributed by atoms with van der Waals surface area (Å²) >= 11 is 13.9. The number of rotatable bonds is 7. The van der Waals surface area contributed by atoms with Crippen LogP contribution >= 0.6 is 34.5 Å². The van der Waals surface area contributed by atoms with Crippen molar-refractivity contribution in [1.29, 1.82) is 0 Å². The molecule has 0 bridgehead atoms. The van der Waals surface area contributed by atoms with E-state index in [0.717, 1.165) is 45.5 Å². The summed E-state index contributed by atoms with van der Waals surface area (Å²) in [5.74, 6) is -0.197. The average molecular weight is 424 g/mol. The Morgan fingerprint density at radius 3 is 2.70 bits per heavy atom. The zero-order chi connectivity index (χ0) is 19.4. The van der Waals surface area contributed by atoms with Gasteiger partial charge in [-0.05, 0) is 62.2 Å². The first-order valence-corrected chi connectivity index (χ1v) is 10.1. The zero-order valence-corrected chi connectivity index (χ0v) is 17.4. The Hall–Kier alpha value is -1.66. The Kier molecular flexibility index (Phi) is 6.71. The maximum Gasteiger partial charge on any atom is 0.187 e. The van der Waals surface area contributed by atoms with Crippen LogP contribution in [0.1, 0.15) is 21.7 Å². The number of aromatic nitrogens is 1. The highest BCUT2D eigenvalue weighted by molar-refractivity contribution is 7.15. The van der Waals surface area contributed by atoms with Crippen molar-refractivity contribution in [2.45, 2.75) is 26.8 Å². The van der Waals surface area contributed by atoms with Crippen LogP contribution in [0, 0.1) is 19.7 Å². The molecule has 3 nitrogen and oxygen atoms in total. The van der Waals surface area contributed by atoms with Gasteiger partial charge in [-0.2, -0.15) is 0 Å². The minimum atomic E-state index is -0.197. The Labute approximate surface area is 172 Å². The quantitative estimate of drug-likeness (QED) is 0.438. The molecule has 0 saturated carbocycles. The van der Waals surface area contributed by atoms with Crippen molar-refractivity contribution in [2.75, 3.05) is 11.9 Å². The smallest absolute Gasteiger partial charge is 0.187 e. The van der Waals surface area contributed by atoms with Crippen LogP contribution in [0.3, 0.4) is 0 Å². The number of hydrogen-bond donors (Lipinski definition) is 2. The maximum absolute atomic E-state index is 13.2. The molecule has 0 aliphatic heterocycles. The summed E-state index contributed by atoms with van der Waals surface area (Å²) < 4.78 is 13.2. The van der Waals surface area contributed by atoms with Crippen LogP contribution < -0.4 is 10.6 Å². The van der Waals surface area contributed by atoms with Gasteiger partial charge in [-0.25, -0.2) is 9.37 Å². The normalized spacial score (nSPS) is 11.0. The van der Waals surface area contributed by atoms with Crippen molar-refractivity contribution >= 4 is 45.4 Å². The second-order valence-electron chi connectivity index (χ2n) is 6.29. The molecule has 7 heteroatoms. The van der Waals surface area contributed by atoms with E-state index in [4.69, 9.17) is 23.2 Å². The van der Waals surface area contributed by atoms with Gasteiger partial charge in [0.2, 0.25) is 0 Å². The van der Waals surface area contributed by atoms with Gasteiger partial charge in [-0.3, -0.25) is 0 Å². The third-order valence-corrected chi connectivity index (χ3v) is 5.73. The first kappa shape index (κ1) is 20.1. The van der Waals surface area contributed by atoms with Crippen LogP contribution in [0.15, 0.2) is 36.4 Å². The number of anilines is 2. The van der Waals surface area contributed by atoms with Crippen LogP contribution in [0.25, 0.3) is 0 Å². The molecule has 142 valence electrons. The summed E-state index contributed by atoms with van der Waals surface area (Å²) in [5.41, 5.74) is 3.75. The summed E-state index contributed by atoms with van der Waals surface area (Å²) in [6, 6.07) is 10.3. The molecular formula is C20H20Cl2FN3S. The summed E-state index contributed by atoms with van der Waals surface area (Å²) in [7, 11) is 0. The van der Waals surface area contributed by atoms with E-state index in [1.165, 1.54) is 6.07 Å². The lowest BCUT2D eigenvalue weighted by Gasteiger charge is -2.09. The monoisotopic (exact) mass is 423 g/mol. The molecule has 3 aromatic rings. The third kappa shape index (κ3) is 5.42. The summed E-state index contributed by atoms with van der Waals surface area (Å²) in [6.45, 7) is 5.43. The molecule has 27 heavy (non-hydrogen) atoms. The van der Waals surface area contributed by atoms with E-state index < -0.39 is 0 Å². The van der Waals surface area contributed by atoms with E-state index in [1.54, 1.807) is 29.5 Å². The molecule has 2 N–H and O–H groups in total. The van der Waals surface area contributed by atoms with E-state index >= 15 is 0 Å². The van der Waals surface area contributed by atoms with Gasteiger partial charge in [-0.1, -0.05) is 35.3 Å². The predicted octanol–water partition coefficient (Wildman–Crippen LogP) is 6.28. The standard InChI is InChI=1S/C20H20Cl2FN3S/c1-12-8-15(21)10-17(22)19(12)26-20-25-13(2)18(27-20)11-24-7-6-14-4-3-5-16(23)9-14/h3-5,8-10,24H,6-7,11H2,1-2H3,(H,25,26). The van der Waals surface area contributed by atoms with E-state index in [9.17, 15) is 4.39 Å². The van der Waals surface area contributed by atoms with Gasteiger partial charge >= 0.3 is 0 Å². The Balaban J connectivity index is 1.58. The largest absolute Gasteiger partial charge is 0.330 e. The second-order valence-corrected chi connectivity index (χ2v) is 8.22. The van der Waals surface area contributed by atoms with Crippen molar-refractivity contribution in [1.82, 2.24) is 10.3 Å². The van der Waals surface area contributed by atoms with Gasteiger partial charge in [0.25, 0.3) is 0 Å². The zero-order valence-electron chi connectivity index (χ0n) is 15.1. The third-order valence-electron chi connectivity index (χ3n) is 4.14. The number of halogens is 3. The summed E-state index contributed by atoms with van der Waals surface area (Å²) in [6.07, 6.45) is 0.778. The minimum Gasteiger partial charge on any atom is -0.330 e. The number of hydrogen-bond acceptors (Lipinski definition) is 4. The van der Waals surface area contributed by atoms with Crippen molar-refractivity contribution < 1.29 is 4.39 Å². The molecule has 0 amide bonds. The number of nitrogens with one attached hydrogen (secondary N) is 2. The first-order chi connectivity index (χ1) is 12.9. The Morgan fingerprint density at radius 1 is 1.15 bits per heavy atom. The topological polar surface area (TPSA) is 37.0 Å². The van der Waals surface area contributed by atoms with Crippen molar-refractivity contribution in [3.8, 4) is 0 Å². The first-order valence-electron chi connectivity index (χ1n) is 8.56. The second kappa shape index (κ2) is 9.02. The van der Waals surface area contributed by atoms with Gasteiger partial charge in [-0.15, -0.1) is 11.3 Å². The lowest BCUT2D eigenvalue weighted by Crippen LogP contribution is -2.16. The van der Waals surface area contributed by atoms with Crippen LogP contribution in [-0.2, 0) is 13.0 Å². The van der Waals surface area contributed by atoms with Gasteiger partial charge in [0.15, 0.2) is 5.13 Å².